The smallest absolute Gasteiger partial charge is 0.0290 e. The van der Waals surface area contributed by atoms with E-state index in [1.165, 1.54) is 16.7 Å². The van der Waals surface area contributed by atoms with Crippen LogP contribution in [0.15, 0.2) is 18.2 Å². The van der Waals surface area contributed by atoms with Gasteiger partial charge in [-0.2, -0.15) is 0 Å². The molecule has 3 nitrogen and oxygen atoms in total. The molecule has 1 aromatic carbocycles. The lowest BCUT2D eigenvalue weighted by Gasteiger charge is -2.11. The van der Waals surface area contributed by atoms with E-state index in [0.29, 0.717) is 6.54 Å². The fourth-order valence-electron chi connectivity index (χ4n) is 1.40. The summed E-state index contributed by atoms with van der Waals surface area (Å²) >= 11 is 0. The van der Waals surface area contributed by atoms with Crippen molar-refractivity contribution in [2.75, 3.05) is 13.1 Å². The molecule has 5 N–H and O–H groups in total. The molecule has 0 heterocycles. The number of aryl methyl sites for hydroxylation is 2. The zero-order valence-electron chi connectivity index (χ0n) is 9.59. The fourth-order valence-corrected chi connectivity index (χ4v) is 1.40. The van der Waals surface area contributed by atoms with Crippen LogP contribution in [0.3, 0.4) is 0 Å². The van der Waals surface area contributed by atoms with Crippen LogP contribution in [-0.4, -0.2) is 19.1 Å². The minimum Gasteiger partial charge on any atom is -0.329 e. The van der Waals surface area contributed by atoms with Crippen molar-refractivity contribution < 1.29 is 0 Å². The standard InChI is InChI=1S/C12H21N3/c1-9-3-4-11(5-10(9)2)7-15-8-12(14)6-13/h3-5,12,15H,6-8,13-14H2,1-2H3. The summed E-state index contributed by atoms with van der Waals surface area (Å²) in [4.78, 5) is 0. The van der Waals surface area contributed by atoms with Crippen molar-refractivity contribution in [2.45, 2.75) is 26.4 Å². The Kier molecular flexibility index (Phi) is 4.75. The van der Waals surface area contributed by atoms with Crippen LogP contribution in [0.2, 0.25) is 0 Å². The predicted octanol–water partition coefficient (Wildman–Crippen LogP) is 0.679. The van der Waals surface area contributed by atoms with E-state index in [9.17, 15) is 0 Å². The molecule has 0 spiro atoms. The molecule has 0 bridgehead atoms. The second kappa shape index (κ2) is 5.85. The fraction of sp³-hybridized carbons (Fsp3) is 0.500. The number of nitrogens with one attached hydrogen (secondary N) is 1. The number of nitrogens with two attached hydrogens (primary N) is 2. The third kappa shape index (κ3) is 4.00. The zero-order chi connectivity index (χ0) is 11.3. The van der Waals surface area contributed by atoms with Crippen LogP contribution >= 0.6 is 0 Å². The summed E-state index contributed by atoms with van der Waals surface area (Å²) in [5.41, 5.74) is 15.1. The van der Waals surface area contributed by atoms with E-state index < -0.39 is 0 Å². The van der Waals surface area contributed by atoms with Crippen molar-refractivity contribution in [2.24, 2.45) is 11.5 Å². The Labute approximate surface area is 91.9 Å². The van der Waals surface area contributed by atoms with Gasteiger partial charge >= 0.3 is 0 Å². The van der Waals surface area contributed by atoms with Gasteiger partial charge in [0, 0.05) is 25.7 Å². The molecule has 1 rings (SSSR count). The molecule has 0 amide bonds. The normalized spacial score (nSPS) is 12.8. The molecular formula is C12H21N3. The predicted molar refractivity (Wildman–Crippen MR) is 64.7 cm³/mol. The molecule has 84 valence electrons. The summed E-state index contributed by atoms with van der Waals surface area (Å²) in [6.45, 7) is 6.40. The Hall–Kier alpha value is -0.900. The Morgan fingerprint density at radius 1 is 1.27 bits per heavy atom. The molecule has 0 aliphatic heterocycles. The van der Waals surface area contributed by atoms with E-state index >= 15 is 0 Å². The van der Waals surface area contributed by atoms with Gasteiger partial charge in [-0.3, -0.25) is 0 Å². The SMILES string of the molecule is Cc1ccc(CNCC(N)CN)cc1C. The third-order valence-electron chi connectivity index (χ3n) is 2.61. The zero-order valence-corrected chi connectivity index (χ0v) is 9.59. The van der Waals surface area contributed by atoms with Gasteiger partial charge in [0.1, 0.15) is 0 Å². The van der Waals surface area contributed by atoms with E-state index in [1.807, 2.05) is 0 Å². The molecule has 1 atom stereocenters. The molecule has 0 aliphatic rings. The molecule has 0 radical (unpaired) electrons. The van der Waals surface area contributed by atoms with Gasteiger partial charge in [0.25, 0.3) is 0 Å². The second-order valence-corrected chi connectivity index (χ2v) is 4.05. The highest BCUT2D eigenvalue weighted by Crippen LogP contribution is 2.09. The van der Waals surface area contributed by atoms with Crippen molar-refractivity contribution in [1.82, 2.24) is 5.32 Å². The second-order valence-electron chi connectivity index (χ2n) is 4.05. The molecule has 15 heavy (non-hydrogen) atoms. The molecule has 0 saturated carbocycles. The van der Waals surface area contributed by atoms with Crippen LogP contribution in [0.25, 0.3) is 0 Å². The first-order valence-corrected chi connectivity index (χ1v) is 5.36. The van der Waals surface area contributed by atoms with Crippen LogP contribution < -0.4 is 16.8 Å². The van der Waals surface area contributed by atoms with Gasteiger partial charge in [0.2, 0.25) is 0 Å². The number of hydrogen-bond donors (Lipinski definition) is 3. The Bertz CT molecular complexity index is 310. The average molecular weight is 207 g/mol. The van der Waals surface area contributed by atoms with Crippen molar-refractivity contribution >= 4 is 0 Å². The Morgan fingerprint density at radius 3 is 2.60 bits per heavy atom. The topological polar surface area (TPSA) is 64.1 Å². The van der Waals surface area contributed by atoms with Crippen molar-refractivity contribution in [3.05, 3.63) is 34.9 Å². The molecule has 3 heteroatoms. The summed E-state index contributed by atoms with van der Waals surface area (Å²) in [6.07, 6.45) is 0. The van der Waals surface area contributed by atoms with E-state index in [-0.39, 0.29) is 6.04 Å². The number of benzene rings is 1. The number of rotatable bonds is 5. The van der Waals surface area contributed by atoms with Crippen molar-refractivity contribution in [3.63, 3.8) is 0 Å². The maximum Gasteiger partial charge on any atom is 0.0290 e. The average Bonchev–Trinajstić information content (AvgIpc) is 2.23. The maximum absolute atomic E-state index is 5.70. The van der Waals surface area contributed by atoms with E-state index in [2.05, 4.69) is 37.4 Å². The van der Waals surface area contributed by atoms with Gasteiger partial charge in [-0.05, 0) is 30.5 Å². The van der Waals surface area contributed by atoms with E-state index in [0.717, 1.165) is 13.1 Å². The first-order chi connectivity index (χ1) is 7.13. The first kappa shape index (κ1) is 12.2. The van der Waals surface area contributed by atoms with Gasteiger partial charge in [-0.15, -0.1) is 0 Å². The highest BCUT2D eigenvalue weighted by Gasteiger charge is 1.99. The van der Waals surface area contributed by atoms with E-state index in [4.69, 9.17) is 11.5 Å². The lowest BCUT2D eigenvalue weighted by molar-refractivity contribution is 0.582. The summed E-state index contributed by atoms with van der Waals surface area (Å²) in [5, 5.41) is 3.29. The lowest BCUT2D eigenvalue weighted by atomic mass is 10.1. The van der Waals surface area contributed by atoms with Crippen molar-refractivity contribution in [3.8, 4) is 0 Å². The highest BCUT2D eigenvalue weighted by atomic mass is 14.9. The minimum absolute atomic E-state index is 0.0524. The summed E-state index contributed by atoms with van der Waals surface area (Å²) in [5.74, 6) is 0. The molecule has 1 unspecified atom stereocenters. The van der Waals surface area contributed by atoms with Gasteiger partial charge in [-0.1, -0.05) is 18.2 Å². The van der Waals surface area contributed by atoms with Gasteiger partial charge in [-0.25, -0.2) is 0 Å². The van der Waals surface area contributed by atoms with Crippen molar-refractivity contribution in [1.29, 1.82) is 0 Å². The van der Waals surface area contributed by atoms with Crippen LogP contribution in [0.5, 0.6) is 0 Å². The Balaban J connectivity index is 2.41. The lowest BCUT2D eigenvalue weighted by Crippen LogP contribution is -2.39. The Morgan fingerprint density at radius 2 is 2.00 bits per heavy atom. The van der Waals surface area contributed by atoms with Crippen LogP contribution in [0, 0.1) is 13.8 Å². The molecule has 0 aliphatic carbocycles. The monoisotopic (exact) mass is 207 g/mol. The quantitative estimate of drug-likeness (QED) is 0.665. The van der Waals surface area contributed by atoms with Gasteiger partial charge in [0.15, 0.2) is 0 Å². The third-order valence-corrected chi connectivity index (χ3v) is 2.61. The number of hydrogen-bond acceptors (Lipinski definition) is 3. The summed E-state index contributed by atoms with van der Waals surface area (Å²) in [7, 11) is 0. The molecule has 0 saturated heterocycles. The summed E-state index contributed by atoms with van der Waals surface area (Å²) in [6, 6.07) is 6.55. The molecule has 1 aromatic rings. The van der Waals surface area contributed by atoms with Crippen LogP contribution in [0.4, 0.5) is 0 Å². The summed E-state index contributed by atoms with van der Waals surface area (Å²) < 4.78 is 0. The molecule has 0 fully saturated rings. The molecular weight excluding hydrogens is 186 g/mol. The minimum atomic E-state index is 0.0524. The van der Waals surface area contributed by atoms with Gasteiger partial charge in [0.05, 0.1) is 0 Å². The highest BCUT2D eigenvalue weighted by molar-refractivity contribution is 5.29. The first-order valence-electron chi connectivity index (χ1n) is 5.36. The van der Waals surface area contributed by atoms with Crippen LogP contribution in [0.1, 0.15) is 16.7 Å². The largest absolute Gasteiger partial charge is 0.329 e. The maximum atomic E-state index is 5.70. The van der Waals surface area contributed by atoms with Crippen LogP contribution in [-0.2, 0) is 6.54 Å². The van der Waals surface area contributed by atoms with E-state index in [1.54, 1.807) is 0 Å². The molecule has 0 aromatic heterocycles. The van der Waals surface area contributed by atoms with Gasteiger partial charge < -0.3 is 16.8 Å².